The lowest BCUT2D eigenvalue weighted by atomic mass is 10.1. The number of nitrogens with zero attached hydrogens (tertiary/aromatic N) is 2. The summed E-state index contributed by atoms with van der Waals surface area (Å²) >= 11 is 5.98. The number of aromatic nitrogens is 2. The molecular weight excluding hydrogens is 210 g/mol. The van der Waals surface area contributed by atoms with Gasteiger partial charge in [-0.25, -0.2) is 9.97 Å². The van der Waals surface area contributed by atoms with Gasteiger partial charge in [-0.2, -0.15) is 0 Å². The van der Waals surface area contributed by atoms with Gasteiger partial charge in [-0.1, -0.05) is 25.4 Å². The van der Waals surface area contributed by atoms with Crippen LogP contribution in [0.25, 0.3) is 0 Å². The van der Waals surface area contributed by atoms with E-state index in [0.29, 0.717) is 16.9 Å². The third kappa shape index (κ3) is 3.67. The van der Waals surface area contributed by atoms with E-state index in [9.17, 15) is 0 Å². The highest BCUT2D eigenvalue weighted by Gasteiger charge is 2.06. The molecule has 1 N–H and O–H groups in total. The molecule has 0 bridgehead atoms. The molecule has 0 unspecified atom stereocenters. The largest absolute Gasteiger partial charge is 0.367 e. The van der Waals surface area contributed by atoms with E-state index in [0.717, 1.165) is 24.4 Å². The summed E-state index contributed by atoms with van der Waals surface area (Å²) in [6, 6.07) is 0. The van der Waals surface area contributed by atoms with E-state index in [4.69, 9.17) is 11.6 Å². The maximum Gasteiger partial charge on any atom is 0.171 e. The normalized spacial score (nSPS) is 10.8. The fraction of sp³-hybridized carbons (Fsp3) is 0.636. The van der Waals surface area contributed by atoms with Crippen molar-refractivity contribution in [1.82, 2.24) is 9.97 Å². The highest BCUT2D eigenvalue weighted by atomic mass is 35.5. The van der Waals surface area contributed by atoms with Gasteiger partial charge in [0.25, 0.3) is 0 Å². The predicted octanol–water partition coefficient (Wildman–Crippen LogP) is 3.20. The summed E-state index contributed by atoms with van der Waals surface area (Å²) in [5, 5.41) is 3.67. The van der Waals surface area contributed by atoms with E-state index in [2.05, 4.69) is 29.1 Å². The second-order valence-electron chi connectivity index (χ2n) is 4.14. The van der Waals surface area contributed by atoms with Crippen LogP contribution in [0.1, 0.15) is 31.7 Å². The fourth-order valence-electron chi connectivity index (χ4n) is 1.17. The van der Waals surface area contributed by atoms with Gasteiger partial charge in [-0.05, 0) is 26.2 Å². The standard InChI is InChI=1S/C11H18ClN3/c1-7(2)5-6-13-11-10(12)14-8(3)9(4)15-11/h7H,5-6H2,1-4H3,(H,13,15). The van der Waals surface area contributed by atoms with Crippen LogP contribution in [0.3, 0.4) is 0 Å². The molecule has 1 heterocycles. The van der Waals surface area contributed by atoms with Gasteiger partial charge in [0.05, 0.1) is 11.4 Å². The lowest BCUT2D eigenvalue weighted by molar-refractivity contribution is 0.606. The highest BCUT2D eigenvalue weighted by molar-refractivity contribution is 6.31. The number of aryl methyl sites for hydroxylation is 2. The van der Waals surface area contributed by atoms with Gasteiger partial charge in [0.1, 0.15) is 0 Å². The molecule has 1 aromatic rings. The Hall–Kier alpha value is -0.830. The van der Waals surface area contributed by atoms with E-state index in [1.54, 1.807) is 0 Å². The molecular formula is C11H18ClN3. The van der Waals surface area contributed by atoms with Crippen molar-refractivity contribution < 1.29 is 0 Å². The van der Waals surface area contributed by atoms with Crippen molar-refractivity contribution in [1.29, 1.82) is 0 Å². The molecule has 0 amide bonds. The van der Waals surface area contributed by atoms with Crippen LogP contribution >= 0.6 is 11.6 Å². The Bertz CT molecular complexity index is 337. The topological polar surface area (TPSA) is 37.8 Å². The molecule has 0 atom stereocenters. The third-order valence-corrected chi connectivity index (χ3v) is 2.54. The van der Waals surface area contributed by atoms with Gasteiger partial charge in [-0.3, -0.25) is 0 Å². The molecule has 0 aliphatic rings. The molecule has 0 fully saturated rings. The molecule has 0 aliphatic carbocycles. The van der Waals surface area contributed by atoms with Crippen LogP contribution in [0, 0.1) is 19.8 Å². The molecule has 0 aromatic carbocycles. The average molecular weight is 228 g/mol. The fourth-order valence-corrected chi connectivity index (χ4v) is 1.40. The minimum atomic E-state index is 0.460. The van der Waals surface area contributed by atoms with Crippen molar-refractivity contribution in [3.63, 3.8) is 0 Å². The maximum absolute atomic E-state index is 5.98. The number of halogens is 1. The van der Waals surface area contributed by atoms with Crippen molar-refractivity contribution in [2.24, 2.45) is 5.92 Å². The molecule has 1 rings (SSSR count). The zero-order valence-corrected chi connectivity index (χ0v) is 10.5. The molecule has 0 saturated carbocycles. The summed E-state index contributed by atoms with van der Waals surface area (Å²) in [6.07, 6.45) is 1.10. The SMILES string of the molecule is Cc1nc(Cl)c(NCCC(C)C)nc1C. The van der Waals surface area contributed by atoms with Crippen LogP contribution in [-0.4, -0.2) is 16.5 Å². The van der Waals surface area contributed by atoms with Crippen LogP contribution in [0.15, 0.2) is 0 Å². The van der Waals surface area contributed by atoms with Crippen LogP contribution < -0.4 is 5.32 Å². The van der Waals surface area contributed by atoms with Crippen LogP contribution in [0.5, 0.6) is 0 Å². The van der Waals surface area contributed by atoms with Crippen LogP contribution in [-0.2, 0) is 0 Å². The lowest BCUT2D eigenvalue weighted by Gasteiger charge is -2.10. The zero-order chi connectivity index (χ0) is 11.4. The Morgan fingerprint density at radius 1 is 1.20 bits per heavy atom. The molecule has 0 saturated heterocycles. The molecule has 4 heteroatoms. The van der Waals surface area contributed by atoms with Gasteiger partial charge in [0.15, 0.2) is 11.0 Å². The van der Waals surface area contributed by atoms with Gasteiger partial charge >= 0.3 is 0 Å². The maximum atomic E-state index is 5.98. The van der Waals surface area contributed by atoms with E-state index in [1.165, 1.54) is 0 Å². The Labute approximate surface area is 96.3 Å². The Morgan fingerprint density at radius 3 is 2.40 bits per heavy atom. The number of nitrogens with one attached hydrogen (secondary N) is 1. The number of hydrogen-bond donors (Lipinski definition) is 1. The van der Waals surface area contributed by atoms with E-state index < -0.39 is 0 Å². The predicted molar refractivity (Wildman–Crippen MR) is 64.5 cm³/mol. The lowest BCUT2D eigenvalue weighted by Crippen LogP contribution is -2.08. The first-order valence-electron chi connectivity index (χ1n) is 5.25. The smallest absolute Gasteiger partial charge is 0.171 e. The van der Waals surface area contributed by atoms with Crippen molar-refractivity contribution >= 4 is 17.4 Å². The Balaban J connectivity index is 2.65. The molecule has 0 aliphatic heterocycles. The summed E-state index contributed by atoms with van der Waals surface area (Å²) in [4.78, 5) is 8.57. The first-order valence-corrected chi connectivity index (χ1v) is 5.63. The first kappa shape index (κ1) is 12.2. The van der Waals surface area contributed by atoms with E-state index in [1.807, 2.05) is 13.8 Å². The number of hydrogen-bond acceptors (Lipinski definition) is 3. The van der Waals surface area contributed by atoms with E-state index >= 15 is 0 Å². The number of anilines is 1. The summed E-state index contributed by atoms with van der Waals surface area (Å²) in [6.45, 7) is 9.11. The molecule has 0 radical (unpaired) electrons. The monoisotopic (exact) mass is 227 g/mol. The second-order valence-corrected chi connectivity index (χ2v) is 4.50. The minimum Gasteiger partial charge on any atom is -0.367 e. The third-order valence-electron chi connectivity index (χ3n) is 2.28. The molecule has 84 valence electrons. The minimum absolute atomic E-state index is 0.460. The number of rotatable bonds is 4. The summed E-state index contributed by atoms with van der Waals surface area (Å²) in [7, 11) is 0. The van der Waals surface area contributed by atoms with Crippen molar-refractivity contribution in [2.75, 3.05) is 11.9 Å². The summed E-state index contributed by atoms with van der Waals surface area (Å²) in [5.41, 5.74) is 1.81. The van der Waals surface area contributed by atoms with Crippen LogP contribution in [0.2, 0.25) is 5.15 Å². The van der Waals surface area contributed by atoms with Gasteiger partial charge in [0, 0.05) is 6.54 Å². The first-order chi connectivity index (χ1) is 7.00. The van der Waals surface area contributed by atoms with Gasteiger partial charge in [0.2, 0.25) is 0 Å². The Kier molecular flexibility index (Phi) is 4.33. The van der Waals surface area contributed by atoms with Gasteiger partial charge < -0.3 is 5.32 Å². The van der Waals surface area contributed by atoms with Crippen molar-refractivity contribution in [3.05, 3.63) is 16.5 Å². The zero-order valence-electron chi connectivity index (χ0n) is 9.76. The molecule has 15 heavy (non-hydrogen) atoms. The Morgan fingerprint density at radius 2 is 1.80 bits per heavy atom. The highest BCUT2D eigenvalue weighted by Crippen LogP contribution is 2.18. The molecule has 1 aromatic heterocycles. The van der Waals surface area contributed by atoms with Gasteiger partial charge in [-0.15, -0.1) is 0 Å². The van der Waals surface area contributed by atoms with Crippen molar-refractivity contribution in [2.45, 2.75) is 34.1 Å². The van der Waals surface area contributed by atoms with Crippen LogP contribution in [0.4, 0.5) is 5.82 Å². The average Bonchev–Trinajstić information content (AvgIpc) is 2.13. The summed E-state index contributed by atoms with van der Waals surface area (Å²) in [5.74, 6) is 1.37. The molecule has 0 spiro atoms. The summed E-state index contributed by atoms with van der Waals surface area (Å²) < 4.78 is 0. The van der Waals surface area contributed by atoms with E-state index in [-0.39, 0.29) is 0 Å². The van der Waals surface area contributed by atoms with Crippen molar-refractivity contribution in [3.8, 4) is 0 Å². The molecule has 3 nitrogen and oxygen atoms in total. The second kappa shape index (κ2) is 5.31. The quantitative estimate of drug-likeness (QED) is 0.859.